The lowest BCUT2D eigenvalue weighted by molar-refractivity contribution is -0.149. The highest BCUT2D eigenvalue weighted by atomic mass is 32.2. The molecule has 2 aliphatic heterocycles. The van der Waals surface area contributed by atoms with Crippen molar-refractivity contribution >= 4 is 21.8 Å². The summed E-state index contributed by atoms with van der Waals surface area (Å²) >= 11 is 0. The number of hydrogen-bond donors (Lipinski definition) is 1. The summed E-state index contributed by atoms with van der Waals surface area (Å²) in [5.41, 5.74) is 0. The van der Waals surface area contributed by atoms with Gasteiger partial charge in [-0.3, -0.25) is 14.7 Å². The molecule has 0 atom stereocenters. The van der Waals surface area contributed by atoms with Crippen LogP contribution in [0.2, 0.25) is 0 Å². The van der Waals surface area contributed by atoms with Crippen molar-refractivity contribution in [2.45, 2.75) is 19.8 Å². The molecule has 2 heterocycles. The van der Waals surface area contributed by atoms with Crippen LogP contribution in [0.3, 0.4) is 0 Å². The first kappa shape index (κ1) is 20.0. The molecule has 0 aliphatic carbocycles. The molecule has 144 valence electrons. The summed E-state index contributed by atoms with van der Waals surface area (Å²) in [6.45, 7) is 6.56. The van der Waals surface area contributed by atoms with Crippen molar-refractivity contribution in [3.8, 4) is 0 Å². The number of aliphatic imine (C=N–C) groups is 1. The Bertz CT molecular complexity index is 557. The Morgan fingerprint density at radius 3 is 2.40 bits per heavy atom. The van der Waals surface area contributed by atoms with E-state index in [1.54, 1.807) is 7.05 Å². The lowest BCUT2D eigenvalue weighted by Crippen LogP contribution is -2.49. The van der Waals surface area contributed by atoms with E-state index in [1.165, 1.54) is 0 Å². The van der Waals surface area contributed by atoms with E-state index in [-0.39, 0.29) is 23.4 Å². The fourth-order valence-electron chi connectivity index (χ4n) is 3.22. The predicted molar refractivity (Wildman–Crippen MR) is 97.4 cm³/mol. The summed E-state index contributed by atoms with van der Waals surface area (Å²) in [6.07, 6.45) is 1.56. The van der Waals surface area contributed by atoms with E-state index in [9.17, 15) is 13.2 Å². The van der Waals surface area contributed by atoms with E-state index in [4.69, 9.17) is 4.74 Å². The van der Waals surface area contributed by atoms with Gasteiger partial charge in [0.2, 0.25) is 0 Å². The van der Waals surface area contributed by atoms with Crippen molar-refractivity contribution in [3.63, 3.8) is 0 Å². The summed E-state index contributed by atoms with van der Waals surface area (Å²) in [6, 6.07) is 0. The zero-order chi connectivity index (χ0) is 18.3. The Labute approximate surface area is 150 Å². The minimum absolute atomic E-state index is 0.00962. The lowest BCUT2D eigenvalue weighted by atomic mass is 9.97. The van der Waals surface area contributed by atoms with Crippen LogP contribution < -0.4 is 5.32 Å². The number of likely N-dealkylation sites (tertiary alicyclic amines) is 1. The van der Waals surface area contributed by atoms with Crippen LogP contribution in [0.15, 0.2) is 4.99 Å². The van der Waals surface area contributed by atoms with Crippen molar-refractivity contribution in [2.75, 3.05) is 64.4 Å². The predicted octanol–water partition coefficient (Wildman–Crippen LogP) is -0.433. The number of carbonyl (C=O) groups is 1. The van der Waals surface area contributed by atoms with Gasteiger partial charge in [0, 0.05) is 46.3 Å². The van der Waals surface area contributed by atoms with Crippen molar-refractivity contribution in [1.82, 2.24) is 15.1 Å². The minimum Gasteiger partial charge on any atom is -0.466 e. The van der Waals surface area contributed by atoms with Gasteiger partial charge in [0.1, 0.15) is 0 Å². The molecule has 2 fully saturated rings. The van der Waals surface area contributed by atoms with Gasteiger partial charge in [-0.2, -0.15) is 0 Å². The fourth-order valence-corrected chi connectivity index (χ4v) is 4.50. The van der Waals surface area contributed by atoms with Crippen LogP contribution >= 0.6 is 0 Å². The number of piperidine rings is 1. The molecule has 0 unspecified atom stereocenters. The number of guanidine groups is 1. The Balaban J connectivity index is 1.70. The van der Waals surface area contributed by atoms with E-state index in [0.29, 0.717) is 19.7 Å². The topological polar surface area (TPSA) is 91.3 Å². The molecule has 0 bridgehead atoms. The Kier molecular flexibility index (Phi) is 7.49. The van der Waals surface area contributed by atoms with Crippen molar-refractivity contribution in [1.29, 1.82) is 0 Å². The number of ether oxygens (including phenoxy) is 1. The average molecular weight is 375 g/mol. The highest BCUT2D eigenvalue weighted by molar-refractivity contribution is 7.91. The molecule has 0 amide bonds. The van der Waals surface area contributed by atoms with E-state index in [0.717, 1.165) is 45.0 Å². The molecule has 1 N–H and O–H groups in total. The van der Waals surface area contributed by atoms with Crippen LogP contribution in [0.1, 0.15) is 19.8 Å². The molecular formula is C16H30N4O4S. The number of sulfone groups is 1. The van der Waals surface area contributed by atoms with Crippen molar-refractivity contribution in [2.24, 2.45) is 10.9 Å². The van der Waals surface area contributed by atoms with Gasteiger partial charge in [-0.15, -0.1) is 0 Å². The van der Waals surface area contributed by atoms with E-state index in [1.807, 2.05) is 6.92 Å². The zero-order valence-electron chi connectivity index (χ0n) is 15.2. The largest absolute Gasteiger partial charge is 0.466 e. The second kappa shape index (κ2) is 9.38. The maximum absolute atomic E-state index is 11.8. The normalized spacial score (nSPS) is 22.6. The molecule has 0 aromatic rings. The van der Waals surface area contributed by atoms with Crippen LogP contribution in [0.5, 0.6) is 0 Å². The molecule has 2 saturated heterocycles. The minimum atomic E-state index is -2.83. The molecule has 0 aromatic carbocycles. The van der Waals surface area contributed by atoms with Gasteiger partial charge in [0.05, 0.1) is 24.0 Å². The van der Waals surface area contributed by atoms with Crippen LogP contribution in [0.25, 0.3) is 0 Å². The third-order valence-corrected chi connectivity index (χ3v) is 6.38. The summed E-state index contributed by atoms with van der Waals surface area (Å²) < 4.78 is 28.0. The average Bonchev–Trinajstić information content (AvgIpc) is 2.60. The van der Waals surface area contributed by atoms with E-state index in [2.05, 4.69) is 20.1 Å². The third kappa shape index (κ3) is 6.14. The molecule has 0 saturated carbocycles. The molecule has 25 heavy (non-hydrogen) atoms. The van der Waals surface area contributed by atoms with E-state index < -0.39 is 9.84 Å². The standard InChI is InChI=1S/C16H30N4O4S/c1-3-24-15(21)14-4-7-20(8-5-14)16(17-2)18-6-9-19-10-12-25(22,23)13-11-19/h14H,3-13H2,1-2H3,(H,17,18). The first-order valence-electron chi connectivity index (χ1n) is 9.00. The lowest BCUT2D eigenvalue weighted by Gasteiger charge is -2.34. The summed E-state index contributed by atoms with van der Waals surface area (Å²) in [5.74, 6) is 1.24. The van der Waals surface area contributed by atoms with Crippen LogP contribution in [-0.2, 0) is 19.4 Å². The van der Waals surface area contributed by atoms with Crippen molar-refractivity contribution in [3.05, 3.63) is 0 Å². The zero-order valence-corrected chi connectivity index (χ0v) is 16.1. The molecule has 0 radical (unpaired) electrons. The van der Waals surface area contributed by atoms with Gasteiger partial charge in [-0.05, 0) is 19.8 Å². The van der Waals surface area contributed by atoms with Gasteiger partial charge in [0.25, 0.3) is 0 Å². The molecule has 2 aliphatic rings. The Hall–Kier alpha value is -1.35. The van der Waals surface area contributed by atoms with Gasteiger partial charge < -0.3 is 15.0 Å². The first-order chi connectivity index (χ1) is 11.9. The number of esters is 1. The van der Waals surface area contributed by atoms with Gasteiger partial charge in [0.15, 0.2) is 15.8 Å². The number of carbonyl (C=O) groups excluding carboxylic acids is 1. The molecule has 0 spiro atoms. The SMILES string of the molecule is CCOC(=O)C1CCN(C(=NC)NCCN2CCS(=O)(=O)CC2)CC1. The van der Waals surface area contributed by atoms with Gasteiger partial charge in [-0.25, -0.2) is 8.42 Å². The third-order valence-electron chi connectivity index (χ3n) is 4.77. The molecule has 2 rings (SSSR count). The summed E-state index contributed by atoms with van der Waals surface area (Å²) in [7, 11) is -1.07. The second-order valence-electron chi connectivity index (χ2n) is 6.48. The Morgan fingerprint density at radius 2 is 1.84 bits per heavy atom. The first-order valence-corrected chi connectivity index (χ1v) is 10.8. The number of hydrogen-bond acceptors (Lipinski definition) is 6. The second-order valence-corrected chi connectivity index (χ2v) is 8.78. The maximum atomic E-state index is 11.8. The van der Waals surface area contributed by atoms with Crippen LogP contribution in [0.4, 0.5) is 0 Å². The highest BCUT2D eigenvalue weighted by Gasteiger charge is 2.27. The quantitative estimate of drug-likeness (QED) is 0.396. The number of nitrogens with zero attached hydrogens (tertiary/aromatic N) is 3. The number of rotatable bonds is 5. The maximum Gasteiger partial charge on any atom is 0.309 e. The molecule has 9 heteroatoms. The summed E-state index contributed by atoms with van der Waals surface area (Å²) in [4.78, 5) is 20.5. The van der Waals surface area contributed by atoms with E-state index >= 15 is 0 Å². The number of nitrogens with one attached hydrogen (secondary N) is 1. The fraction of sp³-hybridized carbons (Fsp3) is 0.875. The van der Waals surface area contributed by atoms with Gasteiger partial charge in [-0.1, -0.05) is 0 Å². The van der Waals surface area contributed by atoms with Crippen molar-refractivity contribution < 1.29 is 17.9 Å². The monoisotopic (exact) mass is 374 g/mol. The smallest absolute Gasteiger partial charge is 0.309 e. The molecule has 0 aromatic heterocycles. The van der Waals surface area contributed by atoms with Crippen LogP contribution in [0, 0.1) is 5.92 Å². The van der Waals surface area contributed by atoms with Crippen LogP contribution in [-0.4, -0.2) is 94.6 Å². The summed E-state index contributed by atoms with van der Waals surface area (Å²) in [5, 5.41) is 3.35. The highest BCUT2D eigenvalue weighted by Crippen LogP contribution is 2.18. The molecule has 8 nitrogen and oxygen atoms in total. The Morgan fingerprint density at radius 1 is 1.20 bits per heavy atom. The molecular weight excluding hydrogens is 344 g/mol. The van der Waals surface area contributed by atoms with Gasteiger partial charge >= 0.3 is 5.97 Å².